The van der Waals surface area contributed by atoms with E-state index in [2.05, 4.69) is 17.0 Å². The van der Waals surface area contributed by atoms with Gasteiger partial charge in [0.2, 0.25) is 0 Å². The summed E-state index contributed by atoms with van der Waals surface area (Å²) in [5.74, 6) is 0. The quantitative estimate of drug-likeness (QED) is 0.893. The molecule has 2 aliphatic heterocycles. The second kappa shape index (κ2) is 6.94. The number of hydrogen-bond acceptors (Lipinski definition) is 5. The first-order chi connectivity index (χ1) is 10.5. The molecule has 2 N–H and O–H groups in total. The highest BCUT2D eigenvalue weighted by molar-refractivity contribution is 7.86. The van der Waals surface area contributed by atoms with Gasteiger partial charge in [0, 0.05) is 49.1 Å². The van der Waals surface area contributed by atoms with Crippen molar-refractivity contribution < 1.29 is 13.2 Å². The Morgan fingerprint density at radius 2 is 2.00 bits per heavy atom. The van der Waals surface area contributed by atoms with Gasteiger partial charge in [0.15, 0.2) is 0 Å². The summed E-state index contributed by atoms with van der Waals surface area (Å²) in [5.41, 5.74) is 0. The molecule has 2 fully saturated rings. The average Bonchev–Trinajstić information content (AvgIpc) is 2.96. The summed E-state index contributed by atoms with van der Waals surface area (Å²) in [6.45, 7) is 4.14. The maximum Gasteiger partial charge on any atom is 0.276 e. The topological polar surface area (TPSA) is 75.9 Å². The van der Waals surface area contributed by atoms with Crippen LogP contribution in [0.2, 0.25) is 0 Å². The Bertz CT molecular complexity index is 588. The van der Waals surface area contributed by atoms with Crippen LogP contribution < -0.4 is 5.14 Å². The van der Waals surface area contributed by atoms with Crippen LogP contribution in [0.3, 0.4) is 0 Å². The molecule has 3 heterocycles. The maximum absolute atomic E-state index is 11.3. The van der Waals surface area contributed by atoms with Gasteiger partial charge in [0.05, 0.1) is 6.10 Å². The molecular formula is C14H23N3O3S2. The van der Waals surface area contributed by atoms with Gasteiger partial charge in [-0.05, 0) is 31.4 Å². The first-order valence-electron chi connectivity index (χ1n) is 7.73. The van der Waals surface area contributed by atoms with Crippen LogP contribution >= 0.6 is 11.3 Å². The van der Waals surface area contributed by atoms with Crippen LogP contribution in [-0.2, 0) is 21.5 Å². The van der Waals surface area contributed by atoms with Crippen molar-refractivity contribution in [2.75, 3.05) is 32.8 Å². The average molecular weight is 345 g/mol. The lowest BCUT2D eigenvalue weighted by atomic mass is 10.1. The molecule has 22 heavy (non-hydrogen) atoms. The zero-order valence-electron chi connectivity index (χ0n) is 12.6. The van der Waals surface area contributed by atoms with E-state index in [9.17, 15) is 8.42 Å². The molecule has 1 unspecified atom stereocenters. The summed E-state index contributed by atoms with van der Waals surface area (Å²) >= 11 is 1.82. The summed E-state index contributed by atoms with van der Waals surface area (Å²) < 4.78 is 29.8. The van der Waals surface area contributed by atoms with Gasteiger partial charge in [-0.25, -0.2) is 5.14 Å². The third kappa shape index (κ3) is 4.06. The van der Waals surface area contributed by atoms with E-state index in [0.717, 1.165) is 32.7 Å². The molecule has 2 aliphatic rings. The molecule has 124 valence electrons. The summed E-state index contributed by atoms with van der Waals surface area (Å²) in [5, 5.41) is 5.16. The molecule has 0 amide bonds. The molecule has 3 rings (SSSR count). The maximum atomic E-state index is 11.3. The number of hydrogen-bond donors (Lipinski definition) is 1. The van der Waals surface area contributed by atoms with E-state index in [-0.39, 0.29) is 6.10 Å². The van der Waals surface area contributed by atoms with Gasteiger partial charge in [-0.2, -0.15) is 12.7 Å². The van der Waals surface area contributed by atoms with Crippen LogP contribution in [0.4, 0.5) is 0 Å². The van der Waals surface area contributed by atoms with Crippen LogP contribution in [0.15, 0.2) is 12.1 Å². The highest BCUT2D eigenvalue weighted by Crippen LogP contribution is 2.33. The molecule has 0 radical (unpaired) electrons. The third-order valence-corrected chi connectivity index (χ3v) is 6.50. The highest BCUT2D eigenvalue weighted by Gasteiger charge is 2.24. The van der Waals surface area contributed by atoms with Gasteiger partial charge in [-0.15, -0.1) is 11.3 Å². The number of thiophene rings is 1. The molecular weight excluding hydrogens is 322 g/mol. The van der Waals surface area contributed by atoms with Crippen molar-refractivity contribution in [3.63, 3.8) is 0 Å². The van der Waals surface area contributed by atoms with E-state index in [0.29, 0.717) is 13.1 Å². The van der Waals surface area contributed by atoms with Crippen molar-refractivity contribution >= 4 is 21.5 Å². The number of nitrogens with two attached hydrogens (primary N) is 1. The van der Waals surface area contributed by atoms with E-state index < -0.39 is 10.2 Å². The Balaban J connectivity index is 1.53. The third-order valence-electron chi connectivity index (χ3n) is 4.25. The minimum absolute atomic E-state index is 0.270. The lowest BCUT2D eigenvalue weighted by molar-refractivity contribution is 0.0172. The Morgan fingerprint density at radius 3 is 2.64 bits per heavy atom. The summed E-state index contributed by atoms with van der Waals surface area (Å²) in [6, 6.07) is 4.35. The van der Waals surface area contributed by atoms with Crippen molar-refractivity contribution in [3.05, 3.63) is 21.9 Å². The Hall–Kier alpha value is -0.510. The zero-order valence-corrected chi connectivity index (χ0v) is 14.2. The highest BCUT2D eigenvalue weighted by atomic mass is 32.2. The minimum atomic E-state index is -3.54. The fourth-order valence-corrected chi connectivity index (χ4v) is 4.79. The standard InChI is InChI=1S/C14H23N3O3S2/c15-22(18,19)17-8-6-16(7-9-17)11-12-4-5-14(21-12)13-3-1-2-10-20-13/h4-5,13H,1-3,6-11H2,(H2,15,18,19). The SMILES string of the molecule is NS(=O)(=O)N1CCN(Cc2ccc(C3CCCCO3)s2)CC1. The number of rotatable bonds is 4. The molecule has 0 bridgehead atoms. The van der Waals surface area contributed by atoms with Crippen molar-refractivity contribution in [2.45, 2.75) is 31.9 Å². The lowest BCUT2D eigenvalue weighted by Gasteiger charge is -2.32. The second-order valence-electron chi connectivity index (χ2n) is 5.88. The van der Waals surface area contributed by atoms with Crippen molar-refractivity contribution in [3.8, 4) is 0 Å². The molecule has 2 saturated heterocycles. The van der Waals surface area contributed by atoms with Crippen LogP contribution in [0.25, 0.3) is 0 Å². The number of nitrogens with zero attached hydrogens (tertiary/aromatic N) is 2. The number of ether oxygens (including phenoxy) is 1. The predicted octanol–water partition coefficient (Wildman–Crippen LogP) is 1.31. The van der Waals surface area contributed by atoms with Gasteiger partial charge in [0.25, 0.3) is 10.2 Å². The van der Waals surface area contributed by atoms with Gasteiger partial charge < -0.3 is 4.74 Å². The minimum Gasteiger partial charge on any atom is -0.373 e. The second-order valence-corrected chi connectivity index (χ2v) is 8.63. The normalized spacial score (nSPS) is 25.4. The van der Waals surface area contributed by atoms with Crippen molar-refractivity contribution in [1.82, 2.24) is 9.21 Å². The molecule has 8 heteroatoms. The largest absolute Gasteiger partial charge is 0.373 e. The molecule has 1 atom stereocenters. The zero-order chi connectivity index (χ0) is 15.6. The van der Waals surface area contributed by atoms with Gasteiger partial charge in [-0.1, -0.05) is 0 Å². The Morgan fingerprint density at radius 1 is 1.23 bits per heavy atom. The molecule has 1 aromatic rings. The van der Waals surface area contributed by atoms with Gasteiger partial charge in [0.1, 0.15) is 0 Å². The Labute approximate surface area is 136 Å². The summed E-state index contributed by atoms with van der Waals surface area (Å²) in [4.78, 5) is 4.91. The molecule has 0 aromatic carbocycles. The van der Waals surface area contributed by atoms with Crippen LogP contribution in [0, 0.1) is 0 Å². The fourth-order valence-electron chi connectivity index (χ4n) is 2.98. The van der Waals surface area contributed by atoms with Crippen molar-refractivity contribution in [1.29, 1.82) is 0 Å². The Kier molecular flexibility index (Phi) is 5.16. The van der Waals surface area contributed by atoms with E-state index >= 15 is 0 Å². The van der Waals surface area contributed by atoms with Crippen LogP contribution in [-0.4, -0.2) is 50.4 Å². The van der Waals surface area contributed by atoms with E-state index in [1.54, 1.807) is 0 Å². The predicted molar refractivity (Wildman–Crippen MR) is 86.8 cm³/mol. The van der Waals surface area contributed by atoms with Crippen LogP contribution in [0.5, 0.6) is 0 Å². The van der Waals surface area contributed by atoms with E-state index in [1.807, 2.05) is 11.3 Å². The molecule has 0 spiro atoms. The first kappa shape index (κ1) is 16.4. The molecule has 0 saturated carbocycles. The molecule has 0 aliphatic carbocycles. The smallest absolute Gasteiger partial charge is 0.276 e. The first-order valence-corrected chi connectivity index (χ1v) is 10.0. The lowest BCUT2D eigenvalue weighted by Crippen LogP contribution is -2.50. The van der Waals surface area contributed by atoms with Gasteiger partial charge >= 0.3 is 0 Å². The van der Waals surface area contributed by atoms with E-state index in [4.69, 9.17) is 9.88 Å². The van der Waals surface area contributed by atoms with E-state index in [1.165, 1.54) is 26.9 Å². The van der Waals surface area contributed by atoms with Crippen LogP contribution in [0.1, 0.15) is 35.1 Å². The summed E-state index contributed by atoms with van der Waals surface area (Å²) in [6.07, 6.45) is 3.80. The monoisotopic (exact) mass is 345 g/mol. The molecule has 1 aromatic heterocycles. The van der Waals surface area contributed by atoms with Crippen molar-refractivity contribution in [2.24, 2.45) is 5.14 Å². The van der Waals surface area contributed by atoms with Gasteiger partial charge in [-0.3, -0.25) is 4.90 Å². The fraction of sp³-hybridized carbons (Fsp3) is 0.714. The summed E-state index contributed by atoms with van der Waals surface area (Å²) in [7, 11) is -3.54. The molecule has 6 nitrogen and oxygen atoms in total. The number of piperazine rings is 1.